The Labute approximate surface area is 102 Å². The Bertz CT molecular complexity index is 385. The first-order valence-corrected chi connectivity index (χ1v) is 6.21. The summed E-state index contributed by atoms with van der Waals surface area (Å²) in [7, 11) is 1.96. The minimum Gasteiger partial charge on any atom is -0.456 e. The van der Waals surface area contributed by atoms with Crippen LogP contribution < -0.4 is 5.32 Å². The zero-order valence-corrected chi connectivity index (χ0v) is 10.5. The minimum atomic E-state index is 0.0268. The summed E-state index contributed by atoms with van der Waals surface area (Å²) in [4.78, 5) is 14.1. The van der Waals surface area contributed by atoms with Gasteiger partial charge in [-0.25, -0.2) is 0 Å². The van der Waals surface area contributed by atoms with Crippen molar-refractivity contribution < 1.29 is 9.21 Å². The summed E-state index contributed by atoms with van der Waals surface area (Å²) >= 11 is 0. The van der Waals surface area contributed by atoms with Crippen LogP contribution in [0.1, 0.15) is 29.2 Å². The highest BCUT2D eigenvalue weighted by atomic mass is 16.3. The van der Waals surface area contributed by atoms with Gasteiger partial charge in [-0.1, -0.05) is 0 Å². The largest absolute Gasteiger partial charge is 0.456 e. The zero-order valence-electron chi connectivity index (χ0n) is 10.5. The van der Waals surface area contributed by atoms with Gasteiger partial charge in [0.1, 0.15) is 5.76 Å². The highest BCUT2D eigenvalue weighted by Crippen LogP contribution is 2.18. The summed E-state index contributed by atoms with van der Waals surface area (Å²) in [6.07, 6.45) is 2.28. The van der Waals surface area contributed by atoms with Crippen molar-refractivity contribution in [1.29, 1.82) is 0 Å². The lowest BCUT2D eigenvalue weighted by atomic mass is 9.98. The summed E-state index contributed by atoms with van der Waals surface area (Å²) in [5, 5.41) is 3.18. The third-order valence-electron chi connectivity index (χ3n) is 3.25. The fourth-order valence-corrected chi connectivity index (χ4v) is 2.41. The first-order valence-electron chi connectivity index (χ1n) is 6.21. The molecule has 1 fully saturated rings. The number of piperidine rings is 1. The number of nitrogens with zero attached hydrogens (tertiary/aromatic N) is 1. The van der Waals surface area contributed by atoms with Gasteiger partial charge in [-0.2, -0.15) is 0 Å². The molecule has 4 nitrogen and oxygen atoms in total. The summed E-state index contributed by atoms with van der Waals surface area (Å²) in [6, 6.07) is 3.60. The van der Waals surface area contributed by atoms with Crippen LogP contribution in [0.25, 0.3) is 0 Å². The number of likely N-dealkylation sites (tertiary alicyclic amines) is 1. The van der Waals surface area contributed by atoms with Gasteiger partial charge in [0.15, 0.2) is 5.76 Å². The highest BCUT2D eigenvalue weighted by Gasteiger charge is 2.25. The van der Waals surface area contributed by atoms with Crippen molar-refractivity contribution in [2.45, 2.75) is 19.8 Å². The van der Waals surface area contributed by atoms with E-state index in [2.05, 4.69) is 5.32 Å². The summed E-state index contributed by atoms with van der Waals surface area (Å²) < 4.78 is 5.39. The molecular weight excluding hydrogens is 216 g/mol. The molecule has 1 atom stereocenters. The van der Waals surface area contributed by atoms with Gasteiger partial charge in [0, 0.05) is 13.1 Å². The highest BCUT2D eigenvalue weighted by molar-refractivity contribution is 5.91. The molecule has 1 aromatic rings. The van der Waals surface area contributed by atoms with E-state index in [0.717, 1.165) is 31.8 Å². The Balaban J connectivity index is 1.99. The number of nitrogens with one attached hydrogen (secondary N) is 1. The fourth-order valence-electron chi connectivity index (χ4n) is 2.41. The third kappa shape index (κ3) is 2.88. The average molecular weight is 236 g/mol. The standard InChI is InChI=1S/C13H20N2O2/c1-10-5-6-12(17-10)13(16)15-7-3-4-11(9-15)8-14-2/h5-6,11,14H,3-4,7-9H2,1-2H3. The van der Waals surface area contributed by atoms with Crippen LogP contribution in [0.3, 0.4) is 0 Å². The summed E-state index contributed by atoms with van der Waals surface area (Å²) in [5.41, 5.74) is 0. The molecule has 0 aromatic carbocycles. The van der Waals surface area contributed by atoms with Crippen molar-refractivity contribution in [1.82, 2.24) is 10.2 Å². The van der Waals surface area contributed by atoms with E-state index in [0.29, 0.717) is 11.7 Å². The van der Waals surface area contributed by atoms with Crippen molar-refractivity contribution in [3.8, 4) is 0 Å². The molecule has 4 heteroatoms. The molecule has 1 aromatic heterocycles. The van der Waals surface area contributed by atoms with Crippen LogP contribution in [-0.4, -0.2) is 37.5 Å². The first kappa shape index (κ1) is 12.2. The van der Waals surface area contributed by atoms with E-state index in [-0.39, 0.29) is 5.91 Å². The van der Waals surface area contributed by atoms with E-state index in [1.807, 2.05) is 24.9 Å². The van der Waals surface area contributed by atoms with Crippen LogP contribution in [0.2, 0.25) is 0 Å². The second-order valence-corrected chi connectivity index (χ2v) is 4.73. The lowest BCUT2D eigenvalue weighted by Gasteiger charge is -2.32. The lowest BCUT2D eigenvalue weighted by molar-refractivity contribution is 0.0641. The molecule has 1 saturated heterocycles. The molecule has 2 heterocycles. The first-order chi connectivity index (χ1) is 8.20. The molecule has 2 rings (SSSR count). The molecule has 17 heavy (non-hydrogen) atoms. The van der Waals surface area contributed by atoms with E-state index in [4.69, 9.17) is 4.42 Å². The predicted molar refractivity (Wildman–Crippen MR) is 66.0 cm³/mol. The Kier molecular flexibility index (Phi) is 3.84. The van der Waals surface area contributed by atoms with Crippen LogP contribution in [0.15, 0.2) is 16.5 Å². The van der Waals surface area contributed by atoms with Gasteiger partial charge in [0.2, 0.25) is 0 Å². The number of rotatable bonds is 3. The number of furan rings is 1. The van der Waals surface area contributed by atoms with E-state index >= 15 is 0 Å². The Hall–Kier alpha value is -1.29. The smallest absolute Gasteiger partial charge is 0.289 e. The average Bonchev–Trinajstić information content (AvgIpc) is 2.76. The van der Waals surface area contributed by atoms with Gasteiger partial charge in [0.25, 0.3) is 5.91 Å². The number of aryl methyl sites for hydroxylation is 1. The van der Waals surface area contributed by atoms with E-state index in [9.17, 15) is 4.79 Å². The second kappa shape index (κ2) is 5.36. The maximum Gasteiger partial charge on any atom is 0.289 e. The topological polar surface area (TPSA) is 45.5 Å². The molecule has 94 valence electrons. The molecule has 0 spiro atoms. The quantitative estimate of drug-likeness (QED) is 0.868. The number of hydrogen-bond acceptors (Lipinski definition) is 3. The van der Waals surface area contributed by atoms with Gasteiger partial charge < -0.3 is 14.6 Å². The van der Waals surface area contributed by atoms with Gasteiger partial charge >= 0.3 is 0 Å². The molecule has 0 bridgehead atoms. The second-order valence-electron chi connectivity index (χ2n) is 4.73. The minimum absolute atomic E-state index is 0.0268. The number of hydrogen-bond donors (Lipinski definition) is 1. The van der Waals surface area contributed by atoms with E-state index < -0.39 is 0 Å². The Morgan fingerprint density at radius 3 is 3.06 bits per heavy atom. The zero-order chi connectivity index (χ0) is 12.3. The SMILES string of the molecule is CNCC1CCCN(C(=O)c2ccc(C)o2)C1. The number of carbonyl (C=O) groups excluding carboxylic acids is 1. The molecule has 0 aliphatic carbocycles. The van der Waals surface area contributed by atoms with Crippen LogP contribution >= 0.6 is 0 Å². The maximum absolute atomic E-state index is 12.2. The molecule has 0 radical (unpaired) electrons. The van der Waals surface area contributed by atoms with Crippen LogP contribution in [-0.2, 0) is 0 Å². The van der Waals surface area contributed by atoms with Crippen molar-refractivity contribution in [2.75, 3.05) is 26.7 Å². The third-order valence-corrected chi connectivity index (χ3v) is 3.25. The van der Waals surface area contributed by atoms with Crippen molar-refractivity contribution >= 4 is 5.91 Å². The molecule has 1 aliphatic rings. The normalized spacial score (nSPS) is 20.6. The van der Waals surface area contributed by atoms with Crippen molar-refractivity contribution in [3.05, 3.63) is 23.7 Å². The Morgan fingerprint density at radius 1 is 1.59 bits per heavy atom. The summed E-state index contributed by atoms with van der Waals surface area (Å²) in [5.74, 6) is 1.84. The van der Waals surface area contributed by atoms with Crippen LogP contribution in [0.4, 0.5) is 0 Å². The summed E-state index contributed by atoms with van der Waals surface area (Å²) in [6.45, 7) is 4.51. The molecular formula is C13H20N2O2. The van der Waals surface area contributed by atoms with Crippen molar-refractivity contribution in [3.63, 3.8) is 0 Å². The van der Waals surface area contributed by atoms with E-state index in [1.165, 1.54) is 6.42 Å². The molecule has 0 saturated carbocycles. The van der Waals surface area contributed by atoms with Gasteiger partial charge in [-0.05, 0) is 51.4 Å². The monoisotopic (exact) mass is 236 g/mol. The fraction of sp³-hybridized carbons (Fsp3) is 0.615. The Morgan fingerprint density at radius 2 is 2.41 bits per heavy atom. The predicted octanol–water partition coefficient (Wildman–Crippen LogP) is 1.66. The lowest BCUT2D eigenvalue weighted by Crippen LogP contribution is -2.42. The molecule has 1 unspecified atom stereocenters. The van der Waals surface area contributed by atoms with Gasteiger partial charge in [0.05, 0.1) is 0 Å². The number of amides is 1. The molecule has 1 N–H and O–H groups in total. The number of carbonyl (C=O) groups is 1. The van der Waals surface area contributed by atoms with E-state index in [1.54, 1.807) is 6.07 Å². The molecule has 1 amide bonds. The maximum atomic E-state index is 12.2. The van der Waals surface area contributed by atoms with Crippen molar-refractivity contribution in [2.24, 2.45) is 5.92 Å². The molecule has 1 aliphatic heterocycles. The van der Waals surface area contributed by atoms with Crippen LogP contribution in [0.5, 0.6) is 0 Å². The van der Waals surface area contributed by atoms with Gasteiger partial charge in [-0.15, -0.1) is 0 Å². The van der Waals surface area contributed by atoms with Gasteiger partial charge in [-0.3, -0.25) is 4.79 Å². The van der Waals surface area contributed by atoms with Crippen LogP contribution in [0, 0.1) is 12.8 Å².